The summed E-state index contributed by atoms with van der Waals surface area (Å²) in [5.41, 5.74) is 10.3. The third kappa shape index (κ3) is 3.03. The molecule has 4 heteroatoms. The third-order valence-corrected chi connectivity index (χ3v) is 10.8. The van der Waals surface area contributed by atoms with Gasteiger partial charge < -0.3 is 14.5 Å². The largest absolute Gasteiger partial charge is 0.358 e. The first-order chi connectivity index (χ1) is 23.8. The number of hydrogen-bond donors (Lipinski definition) is 1. The van der Waals surface area contributed by atoms with Crippen LogP contribution in [0.2, 0.25) is 0 Å². The Bertz CT molecular complexity index is 3010. The zero-order valence-corrected chi connectivity index (χ0v) is 25.8. The molecule has 10 aromatic rings. The molecule has 222 valence electrons. The summed E-state index contributed by atoms with van der Waals surface area (Å²) < 4.78 is 4.97. The number of aromatic nitrogens is 2. The molecule has 1 atom stereocenters. The van der Waals surface area contributed by atoms with E-state index in [2.05, 4.69) is 160 Å². The second-order valence-corrected chi connectivity index (χ2v) is 13.2. The second-order valence-electron chi connectivity index (χ2n) is 13.2. The van der Waals surface area contributed by atoms with E-state index in [1.807, 2.05) is 0 Å². The van der Waals surface area contributed by atoms with Crippen LogP contribution >= 0.6 is 0 Å². The van der Waals surface area contributed by atoms with Gasteiger partial charge in [0.1, 0.15) is 6.17 Å². The van der Waals surface area contributed by atoms with Gasteiger partial charge in [-0.15, -0.1) is 0 Å². The molecule has 0 bridgehead atoms. The number of nitrogens with one attached hydrogen (secondary N) is 1. The molecule has 0 saturated heterocycles. The van der Waals surface area contributed by atoms with Crippen molar-refractivity contribution in [2.75, 3.05) is 5.32 Å². The Labute approximate surface area is 274 Å². The average Bonchev–Trinajstić information content (AvgIpc) is 3.77. The van der Waals surface area contributed by atoms with Gasteiger partial charge in [-0.3, -0.25) is 0 Å². The summed E-state index contributed by atoms with van der Waals surface area (Å²) in [6.07, 6.45) is -0.0858. The zero-order valence-electron chi connectivity index (χ0n) is 25.8. The van der Waals surface area contributed by atoms with Crippen molar-refractivity contribution in [1.82, 2.24) is 9.13 Å². The molecule has 0 aliphatic carbocycles. The molecule has 8 aromatic carbocycles. The molecule has 0 fully saturated rings. The Morgan fingerprint density at radius 3 is 1.85 bits per heavy atom. The summed E-state index contributed by atoms with van der Waals surface area (Å²) in [4.78, 5) is 5.34. The van der Waals surface area contributed by atoms with Gasteiger partial charge in [-0.2, -0.15) is 0 Å². The van der Waals surface area contributed by atoms with E-state index >= 15 is 0 Å². The van der Waals surface area contributed by atoms with Crippen LogP contribution < -0.4 is 5.32 Å². The molecule has 0 amide bonds. The molecule has 0 saturated carbocycles. The van der Waals surface area contributed by atoms with E-state index in [4.69, 9.17) is 4.99 Å². The van der Waals surface area contributed by atoms with Gasteiger partial charge in [0.25, 0.3) is 0 Å². The van der Waals surface area contributed by atoms with Crippen molar-refractivity contribution in [2.45, 2.75) is 6.17 Å². The lowest BCUT2D eigenvalue weighted by Crippen LogP contribution is -2.25. The third-order valence-electron chi connectivity index (χ3n) is 10.8. The quantitative estimate of drug-likeness (QED) is 0.197. The number of hydrogen-bond acceptors (Lipinski definition) is 2. The van der Waals surface area contributed by atoms with Crippen molar-refractivity contribution in [3.05, 3.63) is 151 Å². The summed E-state index contributed by atoms with van der Waals surface area (Å²) in [5, 5.41) is 16.6. The van der Waals surface area contributed by atoms with E-state index < -0.39 is 0 Å². The lowest BCUT2D eigenvalue weighted by Gasteiger charge is -2.25. The van der Waals surface area contributed by atoms with E-state index in [1.165, 1.54) is 81.5 Å². The summed E-state index contributed by atoms with van der Waals surface area (Å²) in [7, 11) is 0. The molecule has 48 heavy (non-hydrogen) atoms. The van der Waals surface area contributed by atoms with Crippen LogP contribution in [0.3, 0.4) is 0 Å². The second kappa shape index (κ2) is 8.69. The van der Waals surface area contributed by atoms with Crippen LogP contribution in [0, 0.1) is 0 Å². The molecule has 1 unspecified atom stereocenters. The Balaban J connectivity index is 1.27. The average molecular weight is 611 g/mol. The van der Waals surface area contributed by atoms with Crippen molar-refractivity contribution < 1.29 is 0 Å². The first kappa shape index (κ1) is 24.8. The van der Waals surface area contributed by atoms with Crippen LogP contribution in [-0.4, -0.2) is 14.8 Å². The molecule has 0 spiro atoms. The van der Waals surface area contributed by atoms with Gasteiger partial charge in [0.2, 0.25) is 0 Å². The molecule has 2 aliphatic rings. The lowest BCUT2D eigenvalue weighted by molar-refractivity contribution is 0.779. The number of para-hydroxylation sites is 2. The highest BCUT2D eigenvalue weighted by Gasteiger charge is 2.36. The molecule has 12 rings (SSSR count). The minimum Gasteiger partial charge on any atom is -0.358 e. The van der Waals surface area contributed by atoms with Crippen molar-refractivity contribution in [3.63, 3.8) is 0 Å². The van der Waals surface area contributed by atoms with Gasteiger partial charge in [-0.05, 0) is 80.8 Å². The van der Waals surface area contributed by atoms with Gasteiger partial charge in [-0.25, -0.2) is 4.99 Å². The van der Waals surface area contributed by atoms with Gasteiger partial charge in [0.05, 0.1) is 39.2 Å². The van der Waals surface area contributed by atoms with Gasteiger partial charge in [-0.1, -0.05) is 97.1 Å². The van der Waals surface area contributed by atoms with Gasteiger partial charge >= 0.3 is 0 Å². The van der Waals surface area contributed by atoms with Crippen molar-refractivity contribution in [2.24, 2.45) is 4.99 Å². The molecule has 4 nitrogen and oxygen atoms in total. The first-order valence-electron chi connectivity index (χ1n) is 16.6. The van der Waals surface area contributed by atoms with Crippen LogP contribution in [0.5, 0.6) is 0 Å². The normalized spacial score (nSPS) is 15.2. The molecular weight excluding hydrogens is 585 g/mol. The smallest absolute Gasteiger partial charge is 0.148 e. The van der Waals surface area contributed by atoms with Crippen molar-refractivity contribution >= 4 is 93.0 Å². The fraction of sp³-hybridized carbons (Fsp3) is 0.0227. The van der Waals surface area contributed by atoms with Gasteiger partial charge in [0.15, 0.2) is 0 Å². The predicted octanol–water partition coefficient (Wildman–Crippen LogP) is 11.4. The highest BCUT2D eigenvalue weighted by molar-refractivity contribution is 6.30. The van der Waals surface area contributed by atoms with Crippen LogP contribution in [-0.2, 0) is 0 Å². The lowest BCUT2D eigenvalue weighted by atomic mass is 10.00. The van der Waals surface area contributed by atoms with Crippen LogP contribution in [0.25, 0.3) is 81.6 Å². The number of anilines is 1. The number of nitrogens with zero attached hydrogens (tertiary/aromatic N) is 3. The number of rotatable bonds is 1. The molecule has 4 heterocycles. The Hall–Kier alpha value is -6.39. The molecule has 0 radical (unpaired) electrons. The Morgan fingerprint density at radius 1 is 0.500 bits per heavy atom. The maximum absolute atomic E-state index is 5.34. The molecule has 2 aliphatic heterocycles. The minimum absolute atomic E-state index is 0.0858. The SMILES string of the molecule is c1ccc2c(c1)N=C1c3cc(-n4c5ccc6ccccc6c5c5c6ccccc6ccc54)cc4c5cc6ccccc6cc5n(c34)C1N2. The monoisotopic (exact) mass is 610 g/mol. The maximum atomic E-state index is 5.34. The number of fused-ring (bicyclic) bond motifs is 15. The summed E-state index contributed by atoms with van der Waals surface area (Å²) in [5.74, 6) is 0. The zero-order chi connectivity index (χ0) is 31.1. The highest BCUT2D eigenvalue weighted by atomic mass is 15.2. The van der Waals surface area contributed by atoms with Crippen molar-refractivity contribution in [1.29, 1.82) is 0 Å². The molecule has 1 N–H and O–H groups in total. The summed E-state index contributed by atoms with van der Waals surface area (Å²) in [6.45, 7) is 0. The van der Waals surface area contributed by atoms with E-state index in [1.54, 1.807) is 0 Å². The van der Waals surface area contributed by atoms with Gasteiger partial charge in [0, 0.05) is 32.8 Å². The topological polar surface area (TPSA) is 34.2 Å². The Kier molecular flexibility index (Phi) is 4.49. The minimum atomic E-state index is -0.0858. The van der Waals surface area contributed by atoms with E-state index in [9.17, 15) is 0 Å². The highest BCUT2D eigenvalue weighted by Crippen LogP contribution is 2.48. The summed E-state index contributed by atoms with van der Waals surface area (Å²) >= 11 is 0. The van der Waals surface area contributed by atoms with E-state index in [0.717, 1.165) is 22.8 Å². The number of benzene rings is 8. The molecule has 2 aromatic heterocycles. The van der Waals surface area contributed by atoms with Crippen LogP contribution in [0.1, 0.15) is 11.7 Å². The molecular formula is C44H26N4. The Morgan fingerprint density at radius 2 is 1.12 bits per heavy atom. The van der Waals surface area contributed by atoms with Crippen molar-refractivity contribution in [3.8, 4) is 5.69 Å². The van der Waals surface area contributed by atoms with Crippen LogP contribution in [0.15, 0.2) is 151 Å². The van der Waals surface area contributed by atoms with E-state index in [-0.39, 0.29) is 6.17 Å². The number of aliphatic imine (C=N–C) groups is 1. The van der Waals surface area contributed by atoms with E-state index in [0.29, 0.717) is 0 Å². The first-order valence-corrected chi connectivity index (χ1v) is 16.6. The van der Waals surface area contributed by atoms with Crippen LogP contribution in [0.4, 0.5) is 11.4 Å². The standard InChI is InChI=1S/C44H26N4/c1-2-12-28-22-39-32(21-27(28)11-1)33-23-29(24-34-42-44(48(39)43(33)34)46-36-16-8-7-15-35(36)45-42)47-37-19-17-25-9-3-5-13-30(25)40(37)41-31-14-6-4-10-26(31)18-20-38(41)47/h1-24,44,46H. The maximum Gasteiger partial charge on any atom is 0.148 e. The summed E-state index contributed by atoms with van der Waals surface area (Å²) in [6, 6.07) is 53.4. The fourth-order valence-corrected chi connectivity index (χ4v) is 8.76. The fourth-order valence-electron chi connectivity index (χ4n) is 8.76. The predicted molar refractivity (Wildman–Crippen MR) is 202 cm³/mol.